The van der Waals surface area contributed by atoms with Crippen molar-refractivity contribution in [1.82, 2.24) is 4.98 Å². The first kappa shape index (κ1) is 12.3. The molecule has 1 saturated carbocycles. The first-order valence-electron chi connectivity index (χ1n) is 6.61. The molecule has 6 nitrogen and oxygen atoms in total. The van der Waals surface area contributed by atoms with Gasteiger partial charge in [-0.25, -0.2) is 4.98 Å². The first-order valence-corrected chi connectivity index (χ1v) is 6.61. The Hall–Kier alpha value is -1.69. The number of nitro groups is 1. The monoisotopic (exact) mass is 263 g/mol. The highest BCUT2D eigenvalue weighted by atomic mass is 16.6. The van der Waals surface area contributed by atoms with Crippen molar-refractivity contribution in [3.05, 3.63) is 27.9 Å². The lowest BCUT2D eigenvalue weighted by molar-refractivity contribution is -0.384. The highest BCUT2D eigenvalue weighted by Gasteiger charge is 2.43. The number of pyridine rings is 1. The summed E-state index contributed by atoms with van der Waals surface area (Å²) in [4.78, 5) is 17.0. The summed E-state index contributed by atoms with van der Waals surface area (Å²) in [5, 5.41) is 21.1. The van der Waals surface area contributed by atoms with Crippen molar-refractivity contribution in [3.8, 4) is 0 Å². The molecule has 1 aromatic heterocycles. The predicted octanol–water partition coefficient (Wildman–Crippen LogP) is 1.51. The average Bonchev–Trinajstić information content (AvgIpc) is 2.91. The summed E-state index contributed by atoms with van der Waals surface area (Å²) in [7, 11) is 0. The molecule has 19 heavy (non-hydrogen) atoms. The summed E-state index contributed by atoms with van der Waals surface area (Å²) < 4.78 is 0. The summed E-state index contributed by atoms with van der Waals surface area (Å²) in [6, 6.07) is 1.66. The summed E-state index contributed by atoms with van der Waals surface area (Å²) in [5.41, 5.74) is 0.726. The summed E-state index contributed by atoms with van der Waals surface area (Å²) in [5.74, 6) is 1.13. The van der Waals surface area contributed by atoms with Crippen molar-refractivity contribution < 1.29 is 10.0 Å². The number of aliphatic hydroxyl groups excluding tert-OH is 1. The molecule has 1 aliphatic heterocycles. The average molecular weight is 263 g/mol. The van der Waals surface area contributed by atoms with Crippen LogP contribution in [0, 0.1) is 28.9 Å². The van der Waals surface area contributed by atoms with Crippen LogP contribution in [0.25, 0.3) is 0 Å². The standard InChI is InChI=1S/C13H17N3O3/c1-8-4-5-14-13(12(8)16(18)19)15-6-9-2-3-11(17)10(9)7-15/h4-5,9-11,17H,2-3,6-7H2,1H3. The Morgan fingerprint density at radius 1 is 1.47 bits per heavy atom. The van der Waals surface area contributed by atoms with Gasteiger partial charge < -0.3 is 10.0 Å². The van der Waals surface area contributed by atoms with Crippen molar-refractivity contribution in [2.45, 2.75) is 25.9 Å². The Morgan fingerprint density at radius 3 is 2.95 bits per heavy atom. The fraction of sp³-hybridized carbons (Fsp3) is 0.615. The van der Waals surface area contributed by atoms with Crippen molar-refractivity contribution in [2.75, 3.05) is 18.0 Å². The lowest BCUT2D eigenvalue weighted by Crippen LogP contribution is -2.26. The zero-order valence-electron chi connectivity index (χ0n) is 10.8. The number of nitrogens with zero attached hydrogens (tertiary/aromatic N) is 3. The van der Waals surface area contributed by atoms with Crippen molar-refractivity contribution in [3.63, 3.8) is 0 Å². The van der Waals surface area contributed by atoms with E-state index in [1.807, 2.05) is 4.90 Å². The highest BCUT2D eigenvalue weighted by Crippen LogP contribution is 2.41. The molecule has 0 radical (unpaired) electrons. The van der Waals surface area contributed by atoms with Crippen LogP contribution in [0.4, 0.5) is 11.5 Å². The van der Waals surface area contributed by atoms with E-state index in [2.05, 4.69) is 4.98 Å². The molecule has 1 aromatic rings. The van der Waals surface area contributed by atoms with Crippen molar-refractivity contribution in [2.24, 2.45) is 11.8 Å². The van der Waals surface area contributed by atoms with Gasteiger partial charge in [0.05, 0.1) is 11.0 Å². The second-order valence-electron chi connectivity index (χ2n) is 5.53. The Labute approximate surface area is 111 Å². The Morgan fingerprint density at radius 2 is 2.26 bits per heavy atom. The Balaban J connectivity index is 1.92. The van der Waals surface area contributed by atoms with Gasteiger partial charge in [0.2, 0.25) is 5.82 Å². The number of fused-ring (bicyclic) bond motifs is 1. The minimum Gasteiger partial charge on any atom is -0.393 e. The minimum absolute atomic E-state index is 0.0944. The van der Waals surface area contributed by atoms with Gasteiger partial charge in [-0.2, -0.15) is 0 Å². The maximum Gasteiger partial charge on any atom is 0.314 e. The normalized spacial score (nSPS) is 29.6. The van der Waals surface area contributed by atoms with Gasteiger partial charge in [-0.3, -0.25) is 10.1 Å². The zero-order valence-corrected chi connectivity index (χ0v) is 10.8. The summed E-state index contributed by atoms with van der Waals surface area (Å²) in [6.07, 6.45) is 3.20. The number of anilines is 1. The molecule has 3 atom stereocenters. The van der Waals surface area contributed by atoms with E-state index in [0.29, 0.717) is 23.8 Å². The first-order chi connectivity index (χ1) is 9.08. The van der Waals surface area contributed by atoms with E-state index >= 15 is 0 Å². The van der Waals surface area contributed by atoms with Gasteiger partial charge in [0.15, 0.2) is 0 Å². The third kappa shape index (κ3) is 1.96. The molecule has 2 heterocycles. The molecule has 6 heteroatoms. The second-order valence-corrected chi connectivity index (χ2v) is 5.53. The van der Waals surface area contributed by atoms with E-state index in [9.17, 15) is 15.2 Å². The number of aryl methyl sites for hydroxylation is 1. The molecule has 2 fully saturated rings. The van der Waals surface area contributed by atoms with E-state index in [1.165, 1.54) is 0 Å². The van der Waals surface area contributed by atoms with Crippen LogP contribution >= 0.6 is 0 Å². The van der Waals surface area contributed by atoms with Crippen LogP contribution in [-0.2, 0) is 0 Å². The molecule has 1 saturated heterocycles. The van der Waals surface area contributed by atoms with Gasteiger partial charge >= 0.3 is 5.69 Å². The molecule has 1 N–H and O–H groups in total. The maximum absolute atomic E-state index is 11.2. The van der Waals surface area contributed by atoms with Crippen LogP contribution in [0.5, 0.6) is 0 Å². The topological polar surface area (TPSA) is 79.5 Å². The summed E-state index contributed by atoms with van der Waals surface area (Å²) in [6.45, 7) is 3.16. The molecule has 0 bridgehead atoms. The third-order valence-electron chi connectivity index (χ3n) is 4.41. The lowest BCUT2D eigenvalue weighted by Gasteiger charge is -2.19. The molecular weight excluding hydrogens is 246 g/mol. The molecule has 102 valence electrons. The number of aliphatic hydroxyl groups is 1. The molecule has 0 amide bonds. The SMILES string of the molecule is Cc1ccnc(N2CC3CCC(O)C3C2)c1[N+](=O)[O-]. The molecule has 2 aliphatic rings. The highest BCUT2D eigenvalue weighted by molar-refractivity contribution is 5.62. The minimum atomic E-state index is -0.359. The third-order valence-corrected chi connectivity index (χ3v) is 4.41. The van der Waals surface area contributed by atoms with Gasteiger partial charge in [-0.1, -0.05) is 0 Å². The van der Waals surface area contributed by atoms with Gasteiger partial charge in [-0.05, 0) is 31.7 Å². The smallest absolute Gasteiger partial charge is 0.314 e. The van der Waals surface area contributed by atoms with Crippen LogP contribution in [0.1, 0.15) is 18.4 Å². The largest absolute Gasteiger partial charge is 0.393 e. The number of rotatable bonds is 2. The van der Waals surface area contributed by atoms with E-state index in [0.717, 1.165) is 19.4 Å². The number of hydrogen-bond acceptors (Lipinski definition) is 5. The van der Waals surface area contributed by atoms with Crippen molar-refractivity contribution in [1.29, 1.82) is 0 Å². The zero-order chi connectivity index (χ0) is 13.6. The van der Waals surface area contributed by atoms with Crippen LogP contribution in [-0.4, -0.2) is 34.2 Å². The molecule has 0 aromatic carbocycles. The predicted molar refractivity (Wildman–Crippen MR) is 70.1 cm³/mol. The number of aromatic nitrogens is 1. The van der Waals surface area contributed by atoms with Crippen LogP contribution in [0.3, 0.4) is 0 Å². The fourth-order valence-corrected chi connectivity index (χ4v) is 3.40. The lowest BCUT2D eigenvalue weighted by atomic mass is 10.00. The molecular formula is C13H17N3O3. The second kappa shape index (κ2) is 4.45. The van der Waals surface area contributed by atoms with Gasteiger partial charge in [0.1, 0.15) is 0 Å². The van der Waals surface area contributed by atoms with Gasteiger partial charge in [0, 0.05) is 30.8 Å². The number of hydrogen-bond donors (Lipinski definition) is 1. The maximum atomic E-state index is 11.2. The van der Waals surface area contributed by atoms with E-state index in [-0.39, 0.29) is 22.6 Å². The van der Waals surface area contributed by atoms with Gasteiger partial charge in [0.25, 0.3) is 0 Å². The van der Waals surface area contributed by atoms with Crippen molar-refractivity contribution >= 4 is 11.5 Å². The van der Waals surface area contributed by atoms with Crippen LogP contribution in [0.15, 0.2) is 12.3 Å². The summed E-state index contributed by atoms with van der Waals surface area (Å²) >= 11 is 0. The quantitative estimate of drug-likeness (QED) is 0.646. The Bertz CT molecular complexity index is 520. The molecule has 3 rings (SSSR count). The van der Waals surface area contributed by atoms with E-state index in [1.54, 1.807) is 19.2 Å². The van der Waals surface area contributed by atoms with E-state index in [4.69, 9.17) is 0 Å². The molecule has 1 aliphatic carbocycles. The molecule has 0 spiro atoms. The van der Waals surface area contributed by atoms with Crippen LogP contribution < -0.4 is 4.90 Å². The van der Waals surface area contributed by atoms with E-state index < -0.39 is 0 Å². The Kier molecular flexibility index (Phi) is 2.89. The van der Waals surface area contributed by atoms with Gasteiger partial charge in [-0.15, -0.1) is 0 Å². The molecule has 3 unspecified atom stereocenters. The fourth-order valence-electron chi connectivity index (χ4n) is 3.40. The van der Waals surface area contributed by atoms with Crippen LogP contribution in [0.2, 0.25) is 0 Å².